The third-order valence-corrected chi connectivity index (χ3v) is 31.3. The zero-order valence-corrected chi connectivity index (χ0v) is 88.2. The molecular formula is C118H127F7N18O6. The van der Waals surface area contributed by atoms with E-state index in [0.29, 0.717) is 102 Å². The molecule has 0 saturated carbocycles. The zero-order valence-electron chi connectivity index (χ0n) is 88.2. The molecular weight excluding hydrogens is 1900 g/mol. The van der Waals surface area contributed by atoms with Crippen LogP contribution in [-0.4, -0.2) is 95.9 Å². The summed E-state index contributed by atoms with van der Waals surface area (Å²) in [6, 6.07) is 30.2. The minimum atomic E-state index is -0.783. The molecule has 0 bridgehead atoms. The molecule has 24 rings (SSSR count). The lowest BCUT2D eigenvalue weighted by Gasteiger charge is -2.38. The normalized spacial score (nSPS) is 21.7. The summed E-state index contributed by atoms with van der Waals surface area (Å²) in [5, 5.41) is 63.9. The number of halogens is 7. The Morgan fingerprint density at radius 3 is 0.758 bits per heavy atom. The maximum absolute atomic E-state index is 14.6. The van der Waals surface area contributed by atoms with Gasteiger partial charge in [0.15, 0.2) is 69.6 Å². The van der Waals surface area contributed by atoms with Crippen LogP contribution in [0, 0.1) is 142 Å². The van der Waals surface area contributed by atoms with Crippen molar-refractivity contribution < 1.29 is 59.5 Å². The Kier molecular flexibility index (Phi) is 26.4. The molecule has 6 atom stereocenters. The molecule has 24 nitrogen and oxygen atoms in total. The summed E-state index contributed by atoms with van der Waals surface area (Å²) < 4.78 is 99.8. The van der Waals surface area contributed by atoms with Crippen molar-refractivity contribution in [3.8, 4) is 0 Å². The largest absolute Gasteiger partial charge is 0.342 e. The van der Waals surface area contributed by atoms with Crippen molar-refractivity contribution >= 4 is 69.6 Å². The average molecular weight is 2030 g/mol. The number of nitrogens with one attached hydrogen (secondary N) is 12. The van der Waals surface area contributed by atoms with Gasteiger partial charge in [0.05, 0.1) is 5.92 Å². The SMILES string of the molecule is Cc1[nH]nc2c1C(c1c(F)cccc1F)C1=C(CC(C)(C)CC1=O)N2.Cc1[nH]nc2c1C(c1cc(F)ccc1F)C1=C(CC(C)(C)CC1=O)N2.Cc1[nH]nc2c1C(c1cccc(F)c1C)C1=C(CC(C)(C)CC1=O)N2.Cc1ccc(F)cc1C1C2=C(CC(C)(C)CC2=O)Nc2n[nH]c(C)c21.Cc1ccc(F)cc1C1C2=C(CC(C)(C)CC2=O)Nc2n[nH]c(C)c21.Cc1ccccc1C1C2=C(CC(C)(C)CC2=O)Nc2n[nH]c(C)c21. The predicted octanol–water partition coefficient (Wildman–Crippen LogP) is 25.7. The molecule has 774 valence electrons. The predicted molar refractivity (Wildman–Crippen MR) is 560 cm³/mol. The fourth-order valence-corrected chi connectivity index (χ4v) is 24.8. The van der Waals surface area contributed by atoms with Gasteiger partial charge in [-0.15, -0.1) is 0 Å². The second-order valence-electron chi connectivity index (χ2n) is 47.1. The average Bonchev–Trinajstić information content (AvgIpc) is 1.72. The lowest BCUT2D eigenvalue weighted by molar-refractivity contribution is -0.119. The number of carbonyl (C=O) groups is 6. The fraction of sp³-hybridized carbons (Fsp3) is 0.390. The monoisotopic (exact) mass is 2030 g/mol. The zero-order chi connectivity index (χ0) is 107. The number of fused-ring (bicyclic) bond motifs is 6. The first kappa shape index (κ1) is 103. The van der Waals surface area contributed by atoms with Crippen molar-refractivity contribution in [3.63, 3.8) is 0 Å². The molecule has 0 amide bonds. The minimum absolute atomic E-state index is 0.0119. The van der Waals surface area contributed by atoms with Gasteiger partial charge < -0.3 is 31.9 Å². The lowest BCUT2D eigenvalue weighted by Crippen LogP contribution is -2.34. The van der Waals surface area contributed by atoms with E-state index in [0.717, 1.165) is 190 Å². The first-order valence-electron chi connectivity index (χ1n) is 50.9. The number of rotatable bonds is 6. The quantitative estimate of drug-likeness (QED) is 0.0688. The Bertz CT molecular complexity index is 7290. The summed E-state index contributed by atoms with van der Waals surface area (Å²) in [4.78, 5) is 78.0. The molecule has 12 N–H and O–H groups in total. The van der Waals surface area contributed by atoms with Crippen LogP contribution in [0.25, 0.3) is 0 Å². The van der Waals surface area contributed by atoms with E-state index in [1.807, 2.05) is 88.3 Å². The fourth-order valence-electron chi connectivity index (χ4n) is 24.8. The van der Waals surface area contributed by atoms with Gasteiger partial charge in [-0.05, 0) is 245 Å². The second-order valence-corrected chi connectivity index (χ2v) is 47.1. The number of nitrogens with zero attached hydrogens (tertiary/aromatic N) is 6. The van der Waals surface area contributed by atoms with Crippen molar-refractivity contribution in [2.24, 2.45) is 32.5 Å². The number of benzene rings is 6. The smallest absolute Gasteiger partial charge is 0.162 e. The summed E-state index contributed by atoms with van der Waals surface area (Å²) in [5.41, 5.74) is 26.8. The summed E-state index contributed by atoms with van der Waals surface area (Å²) in [6.07, 6.45) is 7.36. The van der Waals surface area contributed by atoms with Crippen molar-refractivity contribution in [1.82, 2.24) is 61.2 Å². The highest BCUT2D eigenvalue weighted by atomic mass is 19.2. The van der Waals surface area contributed by atoms with Gasteiger partial charge in [-0.1, -0.05) is 138 Å². The van der Waals surface area contributed by atoms with E-state index in [1.54, 1.807) is 44.2 Å². The number of carbonyl (C=O) groups excluding carboxylic acids is 6. The Labute approximate surface area is 861 Å². The van der Waals surface area contributed by atoms with E-state index in [1.165, 1.54) is 53.6 Å². The molecule has 0 radical (unpaired) electrons. The van der Waals surface area contributed by atoms with Crippen LogP contribution in [0.3, 0.4) is 0 Å². The molecule has 6 aliphatic carbocycles. The first-order valence-corrected chi connectivity index (χ1v) is 50.9. The van der Waals surface area contributed by atoms with Crippen LogP contribution in [0.1, 0.15) is 319 Å². The maximum atomic E-state index is 14.6. The Morgan fingerprint density at radius 1 is 0.228 bits per heavy atom. The lowest BCUT2D eigenvalue weighted by atomic mass is 9.68. The number of anilines is 6. The standard InChI is InChI=1S/3C20H22FN3O.C20H23N3O.2C19H19F2N3O/c2*1-10-5-6-12(21)7-13(10)17-16-11(2)23-24-19(16)22-14-8-20(3,4)9-15(25)18(14)17;1-10-12(6-5-7-13(10)21)17-16-11(2)23-24-19(16)22-14-8-20(3,4)9-15(25)18(14)17;1-11-7-5-6-8-13(11)17-16-12(2)22-23-19(16)21-14-9-20(3,4)10-15(24)18(14)17;1-9-15-16(11-6-10(20)4-5-12(11)21)17-13(22-18(15)24-23-9)7-19(2,3)8-14(17)25;1-9-14-17(15-10(20)5-4-6-11(15)21)16-12(22-18(14)24-23-9)7-19(2,3)8-13(16)25/h3*5-7,17H,8-9H2,1-4H3,(H2,22,23,24);5-8,17H,9-10H2,1-4H3,(H2,21,22,23);4-6,16H,7-8H2,1-3H3,(H2,22,23,24);4-6,17H,7-8H2,1-3H3,(H2,22,23,24). The van der Waals surface area contributed by atoms with Gasteiger partial charge in [0, 0.05) is 214 Å². The molecule has 6 unspecified atom stereocenters. The molecule has 12 aromatic rings. The number of allylic oxidation sites excluding steroid dienone is 12. The summed E-state index contributed by atoms with van der Waals surface area (Å²) >= 11 is 0. The van der Waals surface area contributed by atoms with E-state index < -0.39 is 35.1 Å². The Balaban J connectivity index is 0.000000112. The molecule has 6 aromatic carbocycles. The number of aromatic nitrogens is 12. The third-order valence-electron chi connectivity index (χ3n) is 31.3. The van der Waals surface area contributed by atoms with E-state index in [-0.39, 0.29) is 119 Å². The number of aromatic amines is 6. The first-order chi connectivity index (χ1) is 70.2. The van der Waals surface area contributed by atoms with Gasteiger partial charge in [-0.2, -0.15) is 30.6 Å². The molecule has 6 aromatic heterocycles. The Morgan fingerprint density at radius 2 is 0.456 bits per heavy atom. The van der Waals surface area contributed by atoms with Gasteiger partial charge in [0.25, 0.3) is 0 Å². The molecule has 6 aliphatic heterocycles. The second kappa shape index (κ2) is 38.2. The minimum Gasteiger partial charge on any atom is -0.342 e. The third kappa shape index (κ3) is 19.3. The number of aryl methyl sites for hydroxylation is 9. The summed E-state index contributed by atoms with van der Waals surface area (Å²) in [5.74, 6) is -0.656. The summed E-state index contributed by atoms with van der Waals surface area (Å²) in [7, 11) is 0. The van der Waals surface area contributed by atoms with Crippen LogP contribution in [0.4, 0.5) is 65.6 Å². The van der Waals surface area contributed by atoms with Gasteiger partial charge in [-0.25, -0.2) is 30.7 Å². The van der Waals surface area contributed by atoms with Crippen LogP contribution in [0.2, 0.25) is 0 Å². The number of ketones is 6. The van der Waals surface area contributed by atoms with E-state index in [9.17, 15) is 59.5 Å². The molecule has 12 aliphatic rings. The number of H-pyrrole nitrogens is 6. The van der Waals surface area contributed by atoms with E-state index in [2.05, 4.69) is 174 Å². The van der Waals surface area contributed by atoms with Crippen molar-refractivity contribution in [3.05, 3.63) is 347 Å². The van der Waals surface area contributed by atoms with Gasteiger partial charge in [-0.3, -0.25) is 59.4 Å². The van der Waals surface area contributed by atoms with Crippen LogP contribution < -0.4 is 31.9 Å². The maximum Gasteiger partial charge on any atom is 0.162 e. The Hall–Kier alpha value is -14.7. The molecule has 0 spiro atoms. The number of hydrogen-bond acceptors (Lipinski definition) is 18. The molecule has 0 fully saturated rings. The van der Waals surface area contributed by atoms with Gasteiger partial charge >= 0.3 is 0 Å². The van der Waals surface area contributed by atoms with E-state index >= 15 is 0 Å². The highest BCUT2D eigenvalue weighted by molar-refractivity contribution is 6.06. The van der Waals surface area contributed by atoms with E-state index in [4.69, 9.17) is 0 Å². The van der Waals surface area contributed by atoms with Crippen molar-refractivity contribution in [2.75, 3.05) is 31.9 Å². The topological polar surface area (TPSA) is 347 Å². The van der Waals surface area contributed by atoms with Gasteiger partial charge in [0.1, 0.15) is 40.7 Å². The molecule has 31 heteroatoms. The van der Waals surface area contributed by atoms with Crippen LogP contribution in [-0.2, 0) is 28.8 Å². The molecule has 0 saturated heterocycles. The van der Waals surface area contributed by atoms with Crippen molar-refractivity contribution in [2.45, 2.75) is 265 Å². The number of Topliss-reactive ketones (excluding diaryl/α,β-unsaturated/α-hetero) is 6. The number of hydrogen-bond donors (Lipinski definition) is 12. The highest BCUT2D eigenvalue weighted by Crippen LogP contribution is 2.59. The van der Waals surface area contributed by atoms with Crippen molar-refractivity contribution in [1.29, 1.82) is 0 Å². The van der Waals surface area contributed by atoms with Crippen LogP contribution >= 0.6 is 0 Å². The molecule has 12 heterocycles. The summed E-state index contributed by atoms with van der Waals surface area (Å²) in [6.45, 7) is 44.3. The highest BCUT2D eigenvalue weighted by Gasteiger charge is 2.52. The van der Waals surface area contributed by atoms with Gasteiger partial charge in [0.2, 0.25) is 0 Å². The molecule has 149 heavy (non-hydrogen) atoms. The van der Waals surface area contributed by atoms with Crippen LogP contribution in [0.15, 0.2) is 183 Å². The van der Waals surface area contributed by atoms with Crippen LogP contribution in [0.5, 0.6) is 0 Å².